The molecular formula is C15H14O4. The van der Waals surface area contributed by atoms with Crippen LogP contribution in [0.25, 0.3) is 0 Å². The van der Waals surface area contributed by atoms with Gasteiger partial charge in [-0.1, -0.05) is 30.3 Å². The van der Waals surface area contributed by atoms with Gasteiger partial charge in [0.05, 0.1) is 7.11 Å². The molecule has 1 atom stereocenters. The monoisotopic (exact) mass is 258 g/mol. The van der Waals surface area contributed by atoms with E-state index >= 15 is 0 Å². The first-order valence-corrected chi connectivity index (χ1v) is 5.79. The molecule has 0 aliphatic carbocycles. The molecule has 0 aliphatic rings. The Bertz CT molecular complexity index is 551. The van der Waals surface area contributed by atoms with Crippen molar-refractivity contribution in [3.63, 3.8) is 0 Å². The fourth-order valence-electron chi connectivity index (χ4n) is 1.62. The summed E-state index contributed by atoms with van der Waals surface area (Å²) in [4.78, 5) is 11.3. The van der Waals surface area contributed by atoms with Crippen LogP contribution in [0.2, 0.25) is 0 Å². The number of benzene rings is 2. The van der Waals surface area contributed by atoms with E-state index in [-0.39, 0.29) is 0 Å². The number of ether oxygens (including phenoxy) is 2. The lowest BCUT2D eigenvalue weighted by Crippen LogP contribution is -2.13. The van der Waals surface area contributed by atoms with Crippen LogP contribution in [-0.4, -0.2) is 18.2 Å². The van der Waals surface area contributed by atoms with Crippen molar-refractivity contribution in [2.45, 2.75) is 6.10 Å². The molecule has 0 aliphatic heterocycles. The summed E-state index contributed by atoms with van der Waals surface area (Å²) in [5.41, 5.74) is 0.431. The lowest BCUT2D eigenvalue weighted by atomic mass is 10.1. The van der Waals surface area contributed by atoms with Gasteiger partial charge in [0.15, 0.2) is 6.10 Å². The number of aliphatic hydroxyl groups excluding tert-OH is 1. The molecule has 0 spiro atoms. The maximum atomic E-state index is 11.3. The van der Waals surface area contributed by atoms with Gasteiger partial charge < -0.3 is 14.6 Å². The highest BCUT2D eigenvalue weighted by Gasteiger charge is 2.18. The average molecular weight is 258 g/mol. The molecule has 0 radical (unpaired) electrons. The molecule has 0 amide bonds. The van der Waals surface area contributed by atoms with Crippen molar-refractivity contribution in [1.82, 2.24) is 0 Å². The minimum absolute atomic E-state index is 0.431. The molecular weight excluding hydrogens is 244 g/mol. The average Bonchev–Trinajstić information content (AvgIpc) is 2.47. The predicted molar refractivity (Wildman–Crippen MR) is 69.9 cm³/mol. The molecule has 0 fully saturated rings. The van der Waals surface area contributed by atoms with Gasteiger partial charge in [0.2, 0.25) is 0 Å². The Morgan fingerprint density at radius 2 is 1.74 bits per heavy atom. The first-order chi connectivity index (χ1) is 9.20. The van der Waals surface area contributed by atoms with Crippen LogP contribution in [0.4, 0.5) is 0 Å². The Hall–Kier alpha value is -2.33. The zero-order valence-electron chi connectivity index (χ0n) is 10.4. The molecule has 19 heavy (non-hydrogen) atoms. The number of hydrogen-bond acceptors (Lipinski definition) is 4. The summed E-state index contributed by atoms with van der Waals surface area (Å²) in [6, 6.07) is 16.0. The summed E-state index contributed by atoms with van der Waals surface area (Å²) in [7, 11) is 1.23. The molecule has 2 aromatic carbocycles. The number of carbonyl (C=O) groups is 1. The van der Waals surface area contributed by atoms with E-state index < -0.39 is 12.1 Å². The first-order valence-electron chi connectivity index (χ1n) is 5.79. The Kier molecular flexibility index (Phi) is 4.15. The van der Waals surface area contributed by atoms with E-state index in [1.807, 2.05) is 30.3 Å². The Balaban J connectivity index is 2.18. The number of carbonyl (C=O) groups excluding carboxylic acids is 1. The number of hydrogen-bond donors (Lipinski definition) is 1. The van der Waals surface area contributed by atoms with E-state index in [0.717, 1.165) is 0 Å². The van der Waals surface area contributed by atoms with Crippen LogP contribution in [-0.2, 0) is 9.53 Å². The highest BCUT2D eigenvalue weighted by molar-refractivity contribution is 5.76. The second-order valence-electron chi connectivity index (χ2n) is 3.91. The Morgan fingerprint density at radius 1 is 1.05 bits per heavy atom. The molecule has 0 unspecified atom stereocenters. The van der Waals surface area contributed by atoms with E-state index in [4.69, 9.17) is 4.74 Å². The Morgan fingerprint density at radius 3 is 2.42 bits per heavy atom. The van der Waals surface area contributed by atoms with E-state index in [1.165, 1.54) is 7.11 Å². The molecule has 2 rings (SSSR count). The molecule has 4 nitrogen and oxygen atoms in total. The van der Waals surface area contributed by atoms with Gasteiger partial charge in [-0.25, -0.2) is 4.79 Å². The first kappa shape index (κ1) is 13.1. The van der Waals surface area contributed by atoms with Crippen LogP contribution in [0.5, 0.6) is 11.5 Å². The zero-order chi connectivity index (χ0) is 13.7. The smallest absolute Gasteiger partial charge is 0.339 e. The molecule has 2 aromatic rings. The lowest BCUT2D eigenvalue weighted by molar-refractivity contribution is -0.150. The van der Waals surface area contributed by atoms with E-state index in [0.29, 0.717) is 17.1 Å². The van der Waals surface area contributed by atoms with E-state index in [1.54, 1.807) is 24.3 Å². The maximum Gasteiger partial charge on any atom is 0.339 e. The molecule has 1 N–H and O–H groups in total. The maximum absolute atomic E-state index is 11.3. The number of methoxy groups -OCH3 is 1. The topological polar surface area (TPSA) is 55.8 Å². The third-order valence-electron chi connectivity index (χ3n) is 2.58. The van der Waals surface area contributed by atoms with Crippen molar-refractivity contribution in [3.05, 3.63) is 60.2 Å². The lowest BCUT2D eigenvalue weighted by Gasteiger charge is -2.11. The van der Waals surface area contributed by atoms with Gasteiger partial charge in [0.1, 0.15) is 11.5 Å². The van der Waals surface area contributed by atoms with Crippen LogP contribution >= 0.6 is 0 Å². The second-order valence-corrected chi connectivity index (χ2v) is 3.91. The molecule has 0 heterocycles. The summed E-state index contributed by atoms with van der Waals surface area (Å²) >= 11 is 0. The fraction of sp³-hybridized carbons (Fsp3) is 0.133. The largest absolute Gasteiger partial charge is 0.467 e. The summed E-state index contributed by atoms with van der Waals surface area (Å²) in [6.07, 6.45) is -1.30. The molecule has 0 saturated heterocycles. The highest BCUT2D eigenvalue weighted by atomic mass is 16.5. The summed E-state index contributed by atoms with van der Waals surface area (Å²) < 4.78 is 10.1. The number of para-hydroxylation sites is 1. The van der Waals surface area contributed by atoms with Crippen LogP contribution in [0.15, 0.2) is 54.6 Å². The summed E-state index contributed by atoms with van der Waals surface area (Å²) in [6.45, 7) is 0. The van der Waals surface area contributed by atoms with Gasteiger partial charge in [0, 0.05) is 0 Å². The quantitative estimate of drug-likeness (QED) is 0.857. The highest BCUT2D eigenvalue weighted by Crippen LogP contribution is 2.24. The molecule has 0 saturated carbocycles. The van der Waals surface area contributed by atoms with Crippen molar-refractivity contribution in [2.24, 2.45) is 0 Å². The van der Waals surface area contributed by atoms with Gasteiger partial charge in [-0.05, 0) is 29.8 Å². The van der Waals surface area contributed by atoms with Crippen LogP contribution in [0.1, 0.15) is 11.7 Å². The van der Waals surface area contributed by atoms with Crippen molar-refractivity contribution in [1.29, 1.82) is 0 Å². The zero-order valence-corrected chi connectivity index (χ0v) is 10.4. The number of esters is 1. The van der Waals surface area contributed by atoms with Crippen molar-refractivity contribution in [2.75, 3.05) is 7.11 Å². The molecule has 0 bridgehead atoms. The van der Waals surface area contributed by atoms with Crippen LogP contribution in [0, 0.1) is 0 Å². The van der Waals surface area contributed by atoms with Crippen molar-refractivity contribution >= 4 is 5.97 Å². The van der Waals surface area contributed by atoms with Crippen LogP contribution < -0.4 is 4.74 Å². The van der Waals surface area contributed by atoms with E-state index in [9.17, 15) is 9.90 Å². The normalized spacial score (nSPS) is 11.7. The van der Waals surface area contributed by atoms with Crippen molar-refractivity contribution in [3.8, 4) is 11.5 Å². The summed E-state index contributed by atoms with van der Waals surface area (Å²) in [5, 5.41) is 9.75. The van der Waals surface area contributed by atoms with Gasteiger partial charge in [-0.15, -0.1) is 0 Å². The number of aliphatic hydroxyl groups is 1. The third kappa shape index (κ3) is 3.33. The molecule has 4 heteroatoms. The SMILES string of the molecule is COC(=O)[C@@H](O)c1cccc(Oc2ccccc2)c1. The Labute approximate surface area is 111 Å². The van der Waals surface area contributed by atoms with Gasteiger partial charge in [0.25, 0.3) is 0 Å². The number of rotatable bonds is 4. The van der Waals surface area contributed by atoms with Gasteiger partial charge in [-0.3, -0.25) is 0 Å². The standard InChI is InChI=1S/C15H14O4/c1-18-15(17)14(16)11-6-5-9-13(10-11)19-12-7-3-2-4-8-12/h2-10,14,16H,1H3/t14-/m0/s1. The minimum Gasteiger partial charge on any atom is -0.467 e. The third-order valence-corrected chi connectivity index (χ3v) is 2.58. The van der Waals surface area contributed by atoms with Gasteiger partial charge >= 0.3 is 5.97 Å². The molecule has 0 aromatic heterocycles. The fourth-order valence-corrected chi connectivity index (χ4v) is 1.62. The summed E-state index contributed by atoms with van der Waals surface area (Å²) in [5.74, 6) is 0.538. The molecule has 98 valence electrons. The predicted octanol–water partition coefficient (Wildman–Crippen LogP) is 2.69. The van der Waals surface area contributed by atoms with E-state index in [2.05, 4.69) is 4.74 Å². The van der Waals surface area contributed by atoms with Crippen molar-refractivity contribution < 1.29 is 19.4 Å². The van der Waals surface area contributed by atoms with Crippen LogP contribution in [0.3, 0.4) is 0 Å². The van der Waals surface area contributed by atoms with Gasteiger partial charge in [-0.2, -0.15) is 0 Å². The second kappa shape index (κ2) is 6.02. The minimum atomic E-state index is -1.30.